The third-order valence-electron chi connectivity index (χ3n) is 4.49. The first kappa shape index (κ1) is 20.1. The molecule has 0 unspecified atom stereocenters. The van der Waals surface area contributed by atoms with Gasteiger partial charge in [0.05, 0.1) is 17.8 Å². The van der Waals surface area contributed by atoms with E-state index >= 15 is 0 Å². The molecule has 0 aliphatic heterocycles. The summed E-state index contributed by atoms with van der Waals surface area (Å²) in [7, 11) is 0. The largest absolute Gasteiger partial charge is 0.376 e. The van der Waals surface area contributed by atoms with E-state index in [9.17, 15) is 9.59 Å². The zero-order valence-corrected chi connectivity index (χ0v) is 16.7. The van der Waals surface area contributed by atoms with Crippen molar-refractivity contribution in [2.75, 3.05) is 17.2 Å². The second-order valence-corrected chi connectivity index (χ2v) is 6.99. The van der Waals surface area contributed by atoms with Crippen molar-refractivity contribution >= 4 is 23.2 Å². The number of carbonyl (C=O) groups excluding carboxylic acids is 2. The summed E-state index contributed by atoms with van der Waals surface area (Å²) < 4.78 is 0. The first-order valence-electron chi connectivity index (χ1n) is 9.54. The molecule has 0 aliphatic carbocycles. The molecular formula is C24H25N3O2. The van der Waals surface area contributed by atoms with E-state index in [1.165, 1.54) is 5.56 Å². The zero-order valence-electron chi connectivity index (χ0n) is 16.7. The van der Waals surface area contributed by atoms with Crippen LogP contribution < -0.4 is 16.0 Å². The Balaban J connectivity index is 1.59. The molecule has 2 amide bonds. The van der Waals surface area contributed by atoms with E-state index in [4.69, 9.17) is 0 Å². The van der Waals surface area contributed by atoms with Crippen molar-refractivity contribution in [2.24, 2.45) is 0 Å². The van der Waals surface area contributed by atoms with Crippen LogP contribution in [0.4, 0.5) is 11.4 Å². The molecule has 3 N–H and O–H groups in total. The Labute approximate surface area is 171 Å². The standard InChI is InChI=1S/C24H25N3O2/c1-17-10-12-19(13-11-17)15-26-24(29)21-8-3-4-9-22(21)27-23(28)16-25-20-7-5-6-18(2)14-20/h3-14,25H,15-16H2,1-2H3,(H,26,29)(H,27,28). The van der Waals surface area contributed by atoms with Gasteiger partial charge in [-0.3, -0.25) is 9.59 Å². The number of para-hydroxylation sites is 1. The molecule has 5 heteroatoms. The predicted molar refractivity (Wildman–Crippen MR) is 117 cm³/mol. The molecule has 0 saturated carbocycles. The number of carbonyl (C=O) groups is 2. The van der Waals surface area contributed by atoms with Crippen LogP contribution in [-0.2, 0) is 11.3 Å². The molecule has 3 aromatic rings. The second kappa shape index (κ2) is 9.55. The second-order valence-electron chi connectivity index (χ2n) is 6.99. The highest BCUT2D eigenvalue weighted by Crippen LogP contribution is 2.16. The van der Waals surface area contributed by atoms with Crippen LogP contribution in [-0.4, -0.2) is 18.4 Å². The summed E-state index contributed by atoms with van der Waals surface area (Å²) in [6.45, 7) is 4.56. The highest BCUT2D eigenvalue weighted by molar-refractivity contribution is 6.04. The molecule has 0 saturated heterocycles. The lowest BCUT2D eigenvalue weighted by molar-refractivity contribution is -0.114. The quantitative estimate of drug-likeness (QED) is 0.567. The van der Waals surface area contributed by atoms with Crippen LogP contribution in [0.3, 0.4) is 0 Å². The number of amides is 2. The third-order valence-corrected chi connectivity index (χ3v) is 4.49. The summed E-state index contributed by atoms with van der Waals surface area (Å²) in [4.78, 5) is 25.0. The fraction of sp³-hybridized carbons (Fsp3) is 0.167. The van der Waals surface area contributed by atoms with Crippen LogP contribution in [0.15, 0.2) is 72.8 Å². The van der Waals surface area contributed by atoms with Gasteiger partial charge in [0, 0.05) is 12.2 Å². The Morgan fingerprint density at radius 2 is 1.59 bits per heavy atom. The fourth-order valence-electron chi connectivity index (χ4n) is 2.91. The first-order chi connectivity index (χ1) is 14.0. The van der Waals surface area contributed by atoms with Gasteiger partial charge in [-0.05, 0) is 49.2 Å². The fourth-order valence-corrected chi connectivity index (χ4v) is 2.91. The van der Waals surface area contributed by atoms with Gasteiger partial charge in [-0.2, -0.15) is 0 Å². The maximum atomic E-state index is 12.6. The van der Waals surface area contributed by atoms with E-state index in [2.05, 4.69) is 16.0 Å². The number of aryl methyl sites for hydroxylation is 2. The van der Waals surface area contributed by atoms with E-state index in [1.807, 2.05) is 62.4 Å². The van der Waals surface area contributed by atoms with Gasteiger partial charge in [0.15, 0.2) is 0 Å². The summed E-state index contributed by atoms with van der Waals surface area (Å²) in [5, 5.41) is 8.82. The van der Waals surface area contributed by atoms with Crippen LogP contribution in [0.25, 0.3) is 0 Å². The van der Waals surface area contributed by atoms with Crippen LogP contribution in [0.2, 0.25) is 0 Å². The van der Waals surface area contributed by atoms with Gasteiger partial charge in [-0.15, -0.1) is 0 Å². The lowest BCUT2D eigenvalue weighted by Gasteiger charge is -2.12. The van der Waals surface area contributed by atoms with Crippen molar-refractivity contribution < 1.29 is 9.59 Å². The van der Waals surface area contributed by atoms with E-state index in [-0.39, 0.29) is 18.4 Å². The molecule has 0 spiro atoms. The van der Waals surface area contributed by atoms with Gasteiger partial charge >= 0.3 is 0 Å². The average Bonchev–Trinajstić information content (AvgIpc) is 2.72. The molecule has 29 heavy (non-hydrogen) atoms. The molecule has 0 aromatic heterocycles. The Morgan fingerprint density at radius 1 is 0.828 bits per heavy atom. The summed E-state index contributed by atoms with van der Waals surface area (Å²) in [5.74, 6) is -0.446. The van der Waals surface area contributed by atoms with Crippen LogP contribution in [0.5, 0.6) is 0 Å². The van der Waals surface area contributed by atoms with Gasteiger partial charge in [0.2, 0.25) is 5.91 Å². The molecule has 0 bridgehead atoms. The van der Waals surface area contributed by atoms with E-state index in [0.29, 0.717) is 17.8 Å². The minimum absolute atomic E-state index is 0.114. The summed E-state index contributed by atoms with van der Waals surface area (Å²) in [6, 6.07) is 22.8. The summed E-state index contributed by atoms with van der Waals surface area (Å²) in [6.07, 6.45) is 0. The molecule has 3 aromatic carbocycles. The Kier molecular flexibility index (Phi) is 6.63. The smallest absolute Gasteiger partial charge is 0.253 e. The highest BCUT2D eigenvalue weighted by Gasteiger charge is 2.13. The van der Waals surface area contributed by atoms with Crippen molar-refractivity contribution in [3.8, 4) is 0 Å². The van der Waals surface area contributed by atoms with Gasteiger partial charge in [-0.1, -0.05) is 54.1 Å². The van der Waals surface area contributed by atoms with Crippen molar-refractivity contribution in [1.29, 1.82) is 0 Å². The van der Waals surface area contributed by atoms with Gasteiger partial charge in [-0.25, -0.2) is 0 Å². The van der Waals surface area contributed by atoms with Crippen molar-refractivity contribution in [1.82, 2.24) is 5.32 Å². The number of hydrogen-bond donors (Lipinski definition) is 3. The molecular weight excluding hydrogens is 362 g/mol. The molecule has 5 nitrogen and oxygen atoms in total. The molecule has 0 radical (unpaired) electrons. The minimum atomic E-state index is -0.229. The lowest BCUT2D eigenvalue weighted by Crippen LogP contribution is -2.26. The maximum absolute atomic E-state index is 12.6. The van der Waals surface area contributed by atoms with Crippen molar-refractivity contribution in [3.05, 3.63) is 95.1 Å². The average molecular weight is 387 g/mol. The molecule has 148 valence electrons. The molecule has 0 atom stereocenters. The Morgan fingerprint density at radius 3 is 2.34 bits per heavy atom. The van der Waals surface area contributed by atoms with Gasteiger partial charge in [0.25, 0.3) is 5.91 Å². The lowest BCUT2D eigenvalue weighted by atomic mass is 10.1. The van der Waals surface area contributed by atoms with Crippen LogP contribution >= 0.6 is 0 Å². The van der Waals surface area contributed by atoms with Gasteiger partial charge < -0.3 is 16.0 Å². The first-order valence-corrected chi connectivity index (χ1v) is 9.54. The van der Waals surface area contributed by atoms with E-state index < -0.39 is 0 Å². The highest BCUT2D eigenvalue weighted by atomic mass is 16.2. The van der Waals surface area contributed by atoms with Crippen molar-refractivity contribution in [3.63, 3.8) is 0 Å². The van der Waals surface area contributed by atoms with E-state index in [0.717, 1.165) is 16.8 Å². The van der Waals surface area contributed by atoms with E-state index in [1.54, 1.807) is 24.3 Å². The number of anilines is 2. The Hall–Kier alpha value is -3.60. The minimum Gasteiger partial charge on any atom is -0.376 e. The number of benzene rings is 3. The topological polar surface area (TPSA) is 70.2 Å². The third kappa shape index (κ3) is 5.94. The van der Waals surface area contributed by atoms with Gasteiger partial charge in [0.1, 0.15) is 0 Å². The zero-order chi connectivity index (χ0) is 20.6. The SMILES string of the molecule is Cc1ccc(CNC(=O)c2ccccc2NC(=O)CNc2cccc(C)c2)cc1. The molecule has 0 heterocycles. The predicted octanol–water partition coefficient (Wildman–Crippen LogP) is 4.28. The monoisotopic (exact) mass is 387 g/mol. The number of rotatable bonds is 7. The number of hydrogen-bond acceptors (Lipinski definition) is 3. The summed E-state index contributed by atoms with van der Waals surface area (Å²) in [5.41, 5.74) is 5.11. The molecule has 0 aliphatic rings. The normalized spacial score (nSPS) is 10.3. The molecule has 0 fully saturated rings. The number of nitrogens with one attached hydrogen (secondary N) is 3. The Bertz CT molecular complexity index is 997. The molecule has 3 rings (SSSR count). The van der Waals surface area contributed by atoms with Crippen LogP contribution in [0.1, 0.15) is 27.0 Å². The summed E-state index contributed by atoms with van der Waals surface area (Å²) >= 11 is 0. The van der Waals surface area contributed by atoms with Crippen molar-refractivity contribution in [2.45, 2.75) is 20.4 Å². The van der Waals surface area contributed by atoms with Crippen LogP contribution in [0, 0.1) is 13.8 Å². The maximum Gasteiger partial charge on any atom is 0.253 e.